The van der Waals surface area contributed by atoms with Crippen LogP contribution in [0.5, 0.6) is 5.75 Å². The third kappa shape index (κ3) is 5.16. The number of hydrogen-bond donors (Lipinski definition) is 0. The second-order valence-electron chi connectivity index (χ2n) is 9.95. The van der Waals surface area contributed by atoms with Gasteiger partial charge in [0.15, 0.2) is 4.80 Å². The number of benzene rings is 2. The van der Waals surface area contributed by atoms with E-state index in [0.717, 1.165) is 11.3 Å². The molecule has 0 saturated heterocycles. The van der Waals surface area contributed by atoms with E-state index < -0.39 is 29.4 Å². The van der Waals surface area contributed by atoms with Crippen LogP contribution in [0.1, 0.15) is 51.8 Å². The number of allylic oxidation sites excluding steroid dienone is 1. The largest absolute Gasteiger partial charge is 0.494 e. The molecule has 0 bridgehead atoms. The highest BCUT2D eigenvalue weighted by molar-refractivity contribution is 7.07. The Morgan fingerprint density at radius 3 is 2.40 bits per heavy atom. The second kappa shape index (κ2) is 11.8. The summed E-state index contributed by atoms with van der Waals surface area (Å²) >= 11 is 1.07. The number of carbonyl (C=O) groups is 3. The van der Waals surface area contributed by atoms with Crippen molar-refractivity contribution in [2.24, 2.45) is 4.99 Å². The van der Waals surface area contributed by atoms with Crippen molar-refractivity contribution in [1.29, 1.82) is 0 Å². The van der Waals surface area contributed by atoms with Crippen LogP contribution in [0, 0.1) is 0 Å². The molecule has 0 radical (unpaired) electrons. The molecule has 0 saturated carbocycles. The zero-order valence-corrected chi connectivity index (χ0v) is 24.8. The molecule has 0 N–H and O–H groups in total. The van der Waals surface area contributed by atoms with Gasteiger partial charge in [-0.05, 0) is 58.4 Å². The number of fused-ring (bicyclic) bond motifs is 2. The predicted octanol–water partition coefficient (Wildman–Crippen LogP) is 2.87. The molecule has 2 aromatic carbocycles. The summed E-state index contributed by atoms with van der Waals surface area (Å²) in [7, 11) is 0. The molecule has 1 amide bonds. The Balaban J connectivity index is 1.73. The molecular formula is C31H31N3O7S. The smallest absolute Gasteiger partial charge is 0.338 e. The van der Waals surface area contributed by atoms with Gasteiger partial charge in [0.25, 0.3) is 11.5 Å². The van der Waals surface area contributed by atoms with Gasteiger partial charge in [0.1, 0.15) is 16.8 Å². The quantitative estimate of drug-likeness (QED) is 0.371. The Kier molecular flexibility index (Phi) is 8.13. The molecule has 2 aliphatic rings. The van der Waals surface area contributed by atoms with Gasteiger partial charge >= 0.3 is 11.9 Å². The fourth-order valence-corrected chi connectivity index (χ4v) is 6.27. The lowest BCUT2D eigenvalue weighted by atomic mass is 9.95. The molecule has 42 heavy (non-hydrogen) atoms. The lowest BCUT2D eigenvalue weighted by Crippen LogP contribution is -2.41. The maximum absolute atomic E-state index is 14.3. The van der Waals surface area contributed by atoms with Crippen LogP contribution in [0.3, 0.4) is 0 Å². The van der Waals surface area contributed by atoms with Crippen LogP contribution in [0.4, 0.5) is 5.69 Å². The van der Waals surface area contributed by atoms with Crippen LogP contribution >= 0.6 is 11.3 Å². The van der Waals surface area contributed by atoms with Gasteiger partial charge in [-0.2, -0.15) is 0 Å². The summed E-state index contributed by atoms with van der Waals surface area (Å²) in [5.41, 5.74) is 2.05. The van der Waals surface area contributed by atoms with Crippen molar-refractivity contribution in [1.82, 2.24) is 4.57 Å². The first-order chi connectivity index (χ1) is 20.2. The third-order valence-corrected chi connectivity index (χ3v) is 7.86. The van der Waals surface area contributed by atoms with E-state index in [4.69, 9.17) is 14.2 Å². The summed E-state index contributed by atoms with van der Waals surface area (Å²) in [6, 6.07) is 13.3. The molecule has 1 aromatic heterocycles. The van der Waals surface area contributed by atoms with Crippen molar-refractivity contribution < 1.29 is 28.6 Å². The SMILES string of the molecule is CCOC(=O)CN1C(=O)/C(=c2\sc3n(c2=O)[C@H](c2ccc(OCC)cc2)C(C(=O)OC(C)C)=C(C)N=3)c2ccccc21. The van der Waals surface area contributed by atoms with Gasteiger partial charge in [0, 0.05) is 5.56 Å². The average Bonchev–Trinajstić information content (AvgIpc) is 3.40. The molecule has 10 nitrogen and oxygen atoms in total. The van der Waals surface area contributed by atoms with Crippen molar-refractivity contribution >= 4 is 40.4 Å². The number of esters is 2. The number of thiazole rings is 1. The number of rotatable bonds is 8. The van der Waals surface area contributed by atoms with E-state index in [0.29, 0.717) is 39.7 Å². The second-order valence-corrected chi connectivity index (χ2v) is 10.9. The summed E-state index contributed by atoms with van der Waals surface area (Å²) in [6.45, 7) is 9.17. The molecule has 0 spiro atoms. The topological polar surface area (TPSA) is 116 Å². The molecule has 2 aliphatic heterocycles. The maximum atomic E-state index is 14.3. The maximum Gasteiger partial charge on any atom is 0.338 e. The summed E-state index contributed by atoms with van der Waals surface area (Å²) < 4.78 is 17.8. The highest BCUT2D eigenvalue weighted by atomic mass is 32.1. The Labute approximate surface area is 246 Å². The Bertz CT molecular complexity index is 1780. The first-order valence-electron chi connectivity index (χ1n) is 13.7. The molecule has 1 atom stereocenters. The Hall–Kier alpha value is -4.51. The molecule has 0 fully saturated rings. The van der Waals surface area contributed by atoms with Gasteiger partial charge in [-0.3, -0.25) is 23.9 Å². The lowest BCUT2D eigenvalue weighted by molar-refractivity contribution is -0.143. The van der Waals surface area contributed by atoms with Gasteiger partial charge in [0.05, 0.1) is 47.9 Å². The summed E-state index contributed by atoms with van der Waals surface area (Å²) in [5, 5.41) is 0. The highest BCUT2D eigenvalue weighted by Gasteiger charge is 2.38. The number of aromatic nitrogens is 1. The average molecular weight is 590 g/mol. The van der Waals surface area contributed by atoms with Crippen molar-refractivity contribution in [3.8, 4) is 5.75 Å². The number of nitrogens with zero attached hydrogens (tertiary/aromatic N) is 3. The van der Waals surface area contributed by atoms with E-state index in [9.17, 15) is 19.2 Å². The van der Waals surface area contributed by atoms with Crippen LogP contribution in [0.2, 0.25) is 0 Å². The van der Waals surface area contributed by atoms with Crippen LogP contribution in [-0.4, -0.2) is 48.3 Å². The Morgan fingerprint density at radius 1 is 1.02 bits per heavy atom. The Morgan fingerprint density at radius 2 is 1.74 bits per heavy atom. The minimum absolute atomic E-state index is 0.166. The fraction of sp³-hybridized carbons (Fsp3) is 0.323. The highest BCUT2D eigenvalue weighted by Crippen LogP contribution is 2.36. The first kappa shape index (κ1) is 29.0. The number of ether oxygens (including phenoxy) is 3. The third-order valence-electron chi connectivity index (χ3n) is 6.81. The zero-order valence-electron chi connectivity index (χ0n) is 24.0. The molecule has 218 valence electrons. The van der Waals surface area contributed by atoms with E-state index >= 15 is 0 Å². The molecule has 0 aliphatic carbocycles. The molecule has 3 heterocycles. The van der Waals surface area contributed by atoms with E-state index in [1.165, 1.54) is 9.47 Å². The molecule has 3 aromatic rings. The van der Waals surface area contributed by atoms with Crippen LogP contribution < -0.4 is 24.5 Å². The number of para-hydroxylation sites is 1. The van der Waals surface area contributed by atoms with Gasteiger partial charge in [0.2, 0.25) is 0 Å². The van der Waals surface area contributed by atoms with Crippen LogP contribution in [-0.2, 0) is 23.9 Å². The standard InChI is InChI=1S/C31H31N3O7S/c1-6-39-20-14-12-19(13-15-20)26-24(30(38)41-17(3)4)18(5)32-31-34(26)29(37)27(42-31)25-21-10-8-9-11-22(21)33(28(25)36)16-23(35)40-7-2/h8-15,17,26H,6-7,16H2,1-5H3/b27-25-/t26-/m1/s1. The van der Waals surface area contributed by atoms with Crippen molar-refractivity contribution in [3.05, 3.63) is 90.6 Å². The predicted molar refractivity (Wildman–Crippen MR) is 157 cm³/mol. The van der Waals surface area contributed by atoms with Crippen molar-refractivity contribution in [3.63, 3.8) is 0 Å². The summed E-state index contributed by atoms with van der Waals surface area (Å²) in [5.74, 6) is -0.964. The van der Waals surface area contributed by atoms with E-state index in [1.54, 1.807) is 76.2 Å². The first-order valence-corrected chi connectivity index (χ1v) is 14.5. The van der Waals surface area contributed by atoms with Gasteiger partial charge in [-0.25, -0.2) is 9.79 Å². The lowest BCUT2D eigenvalue weighted by Gasteiger charge is -2.25. The monoisotopic (exact) mass is 589 g/mol. The van der Waals surface area contributed by atoms with E-state index in [-0.39, 0.29) is 34.9 Å². The summed E-state index contributed by atoms with van der Waals surface area (Å²) in [6.07, 6.45) is -0.386. The number of amides is 1. The minimum atomic E-state index is -0.847. The molecule has 0 unspecified atom stereocenters. The zero-order chi connectivity index (χ0) is 30.1. The van der Waals surface area contributed by atoms with E-state index in [2.05, 4.69) is 4.99 Å². The molecular weight excluding hydrogens is 558 g/mol. The van der Waals surface area contributed by atoms with Crippen LogP contribution in [0.25, 0.3) is 5.57 Å². The summed E-state index contributed by atoms with van der Waals surface area (Å²) in [4.78, 5) is 60.1. The van der Waals surface area contributed by atoms with E-state index in [1.807, 2.05) is 6.92 Å². The number of anilines is 1. The number of carbonyl (C=O) groups excluding carboxylic acids is 3. The molecule has 5 rings (SSSR count). The van der Waals surface area contributed by atoms with Gasteiger partial charge in [-0.15, -0.1) is 0 Å². The van der Waals surface area contributed by atoms with Gasteiger partial charge in [-0.1, -0.05) is 41.7 Å². The minimum Gasteiger partial charge on any atom is -0.494 e. The van der Waals surface area contributed by atoms with Crippen molar-refractivity contribution in [2.45, 2.75) is 46.8 Å². The fourth-order valence-electron chi connectivity index (χ4n) is 5.13. The normalized spacial score (nSPS) is 17.1. The van der Waals surface area contributed by atoms with Crippen molar-refractivity contribution in [2.75, 3.05) is 24.7 Å². The van der Waals surface area contributed by atoms with Crippen LogP contribution in [0.15, 0.2) is 69.6 Å². The van der Waals surface area contributed by atoms with Gasteiger partial charge < -0.3 is 14.2 Å². The molecule has 11 heteroatoms. The number of hydrogen-bond acceptors (Lipinski definition) is 9.